The van der Waals surface area contributed by atoms with Crippen molar-refractivity contribution in [3.63, 3.8) is 0 Å². The highest BCUT2D eigenvalue weighted by molar-refractivity contribution is 6.03. The Hall–Kier alpha value is -1.66. The molecule has 2 rings (SSSR count). The van der Waals surface area contributed by atoms with Gasteiger partial charge in [0, 0.05) is 5.69 Å². The number of nitrogens with one attached hydrogen (secondary N) is 2. The molecular weight excluding hydrogens is 308 g/mol. The molecule has 1 fully saturated rings. The molecule has 0 spiro atoms. The van der Waals surface area contributed by atoms with Gasteiger partial charge >= 0.3 is 5.97 Å². The molecule has 6 nitrogen and oxygen atoms in total. The van der Waals surface area contributed by atoms with Crippen LogP contribution in [0.15, 0.2) is 0 Å². The summed E-state index contributed by atoms with van der Waals surface area (Å²) in [6.07, 6.45) is 0.279. The van der Waals surface area contributed by atoms with E-state index in [4.69, 9.17) is 9.47 Å². The average Bonchev–Trinajstić information content (AvgIpc) is 2.80. The quantitative estimate of drug-likeness (QED) is 0.623. The third-order valence-corrected chi connectivity index (χ3v) is 4.73. The van der Waals surface area contributed by atoms with Crippen LogP contribution in [0.1, 0.15) is 59.8 Å². The van der Waals surface area contributed by atoms with Gasteiger partial charge in [-0.15, -0.1) is 0 Å². The second kappa shape index (κ2) is 7.49. The maximum Gasteiger partial charge on any atom is 0.340 e. The molecule has 1 aliphatic heterocycles. The van der Waals surface area contributed by atoms with Crippen molar-refractivity contribution < 1.29 is 24.0 Å². The van der Waals surface area contributed by atoms with Gasteiger partial charge < -0.3 is 19.4 Å². The Morgan fingerprint density at radius 3 is 2.42 bits per heavy atom. The summed E-state index contributed by atoms with van der Waals surface area (Å²) in [7, 11) is 0. The second-order valence-corrected chi connectivity index (χ2v) is 6.76. The van der Waals surface area contributed by atoms with Gasteiger partial charge in [-0.3, -0.25) is 4.79 Å². The van der Waals surface area contributed by atoms with Crippen molar-refractivity contribution in [2.75, 3.05) is 19.7 Å². The highest BCUT2D eigenvalue weighted by atomic mass is 16.5. The molecule has 134 valence electrons. The number of morpholine rings is 1. The number of carbonyl (C=O) groups excluding carboxylic acids is 2. The molecule has 1 aliphatic rings. The number of hydrogen-bond donors (Lipinski definition) is 2. The van der Waals surface area contributed by atoms with Gasteiger partial charge in [-0.25, -0.2) is 4.79 Å². The van der Waals surface area contributed by atoms with Gasteiger partial charge in [0.15, 0.2) is 6.04 Å². The lowest BCUT2D eigenvalue weighted by atomic mass is 10.0. The van der Waals surface area contributed by atoms with Gasteiger partial charge in [0.25, 0.3) is 0 Å². The molecule has 1 saturated heterocycles. The number of hydrogen-bond acceptors (Lipinski definition) is 4. The number of carbonyl (C=O) groups is 2. The molecule has 1 aromatic rings. The zero-order chi connectivity index (χ0) is 18.0. The van der Waals surface area contributed by atoms with Gasteiger partial charge in [0.2, 0.25) is 5.78 Å². The van der Waals surface area contributed by atoms with Crippen LogP contribution in [0.3, 0.4) is 0 Å². The van der Waals surface area contributed by atoms with Crippen LogP contribution in [0.2, 0.25) is 0 Å². The normalized spacial score (nSPS) is 25.3. The summed E-state index contributed by atoms with van der Waals surface area (Å²) in [5, 5.41) is 0. The summed E-state index contributed by atoms with van der Waals surface area (Å²) >= 11 is 0. The second-order valence-electron chi connectivity index (χ2n) is 6.76. The van der Waals surface area contributed by atoms with Gasteiger partial charge in [-0.2, -0.15) is 0 Å². The minimum atomic E-state index is -0.378. The molecule has 0 radical (unpaired) electrons. The SMILES string of the molecule is CCOC(=O)c1c(C)[nH]c(C(=O)[C@@H](C)[NH+]2C[C@@H](C)O[C@@H](C)C2)c1C. The summed E-state index contributed by atoms with van der Waals surface area (Å²) in [5.41, 5.74) is 2.35. The van der Waals surface area contributed by atoms with E-state index in [1.54, 1.807) is 20.8 Å². The van der Waals surface area contributed by atoms with Crippen molar-refractivity contribution in [3.05, 3.63) is 22.5 Å². The van der Waals surface area contributed by atoms with Gasteiger partial charge in [-0.1, -0.05) is 0 Å². The fourth-order valence-electron chi connectivity index (χ4n) is 3.58. The lowest BCUT2D eigenvalue weighted by molar-refractivity contribution is -0.928. The van der Waals surface area contributed by atoms with Crippen molar-refractivity contribution >= 4 is 11.8 Å². The number of Topliss-reactive ketones (excluding diaryl/α,β-unsaturated/α-hetero) is 1. The maximum absolute atomic E-state index is 13.0. The van der Waals surface area contributed by atoms with Gasteiger partial charge in [-0.05, 0) is 47.1 Å². The monoisotopic (exact) mass is 337 g/mol. The van der Waals surface area contributed by atoms with E-state index >= 15 is 0 Å². The first-order valence-corrected chi connectivity index (χ1v) is 8.66. The van der Waals surface area contributed by atoms with Crippen molar-refractivity contribution in [1.82, 2.24) is 4.98 Å². The van der Waals surface area contributed by atoms with E-state index < -0.39 is 0 Å². The molecule has 0 bridgehead atoms. The number of ether oxygens (including phenoxy) is 2. The predicted octanol–water partition coefficient (Wildman–Crippen LogP) is 1.07. The van der Waals surface area contributed by atoms with E-state index in [0.717, 1.165) is 13.1 Å². The van der Waals surface area contributed by atoms with Crippen LogP contribution >= 0.6 is 0 Å². The number of aromatic nitrogens is 1. The highest BCUT2D eigenvalue weighted by Gasteiger charge is 2.35. The lowest BCUT2D eigenvalue weighted by Gasteiger charge is -2.35. The molecule has 4 atom stereocenters. The number of esters is 1. The Balaban J connectivity index is 2.23. The van der Waals surface area contributed by atoms with Crippen LogP contribution in [-0.2, 0) is 9.47 Å². The molecule has 0 aromatic carbocycles. The maximum atomic E-state index is 13.0. The van der Waals surface area contributed by atoms with Crippen molar-refractivity contribution in [1.29, 1.82) is 0 Å². The fraction of sp³-hybridized carbons (Fsp3) is 0.667. The van der Waals surface area contributed by atoms with Gasteiger partial charge in [0.1, 0.15) is 25.3 Å². The summed E-state index contributed by atoms with van der Waals surface area (Å²) in [6, 6.07) is -0.189. The first-order valence-electron chi connectivity index (χ1n) is 8.66. The number of ketones is 1. The Bertz CT molecular complexity index is 613. The lowest BCUT2D eigenvalue weighted by Crippen LogP contribution is -3.19. The van der Waals surface area contributed by atoms with Crippen molar-refractivity contribution in [3.8, 4) is 0 Å². The van der Waals surface area contributed by atoms with E-state index in [1.807, 2.05) is 20.8 Å². The largest absolute Gasteiger partial charge is 0.462 e. The minimum absolute atomic E-state index is 0.0300. The van der Waals surface area contributed by atoms with Crippen LogP contribution in [0.5, 0.6) is 0 Å². The Labute approximate surface area is 143 Å². The van der Waals surface area contributed by atoms with Crippen molar-refractivity contribution in [2.24, 2.45) is 0 Å². The van der Waals surface area contributed by atoms with Gasteiger partial charge in [0.05, 0.1) is 17.9 Å². The third kappa shape index (κ3) is 3.70. The molecule has 24 heavy (non-hydrogen) atoms. The smallest absolute Gasteiger partial charge is 0.340 e. The standard InChI is InChI=1S/C18H28N2O4/c1-7-23-18(22)15-12(4)16(19-13(15)5)17(21)14(6)20-8-10(2)24-11(3)9-20/h10-11,14,19H,7-9H2,1-6H3/p+1/t10-,11+,14-/m1/s1. The Morgan fingerprint density at radius 2 is 1.88 bits per heavy atom. The first kappa shape index (κ1) is 18.7. The zero-order valence-electron chi connectivity index (χ0n) is 15.5. The predicted molar refractivity (Wildman–Crippen MR) is 90.7 cm³/mol. The Morgan fingerprint density at radius 1 is 1.29 bits per heavy atom. The number of H-pyrrole nitrogens is 1. The molecule has 1 unspecified atom stereocenters. The molecule has 6 heteroatoms. The number of aromatic amines is 1. The van der Waals surface area contributed by atoms with Crippen LogP contribution in [0, 0.1) is 13.8 Å². The fourth-order valence-corrected chi connectivity index (χ4v) is 3.58. The first-order chi connectivity index (χ1) is 11.3. The summed E-state index contributed by atoms with van der Waals surface area (Å²) in [6.45, 7) is 13.3. The zero-order valence-corrected chi connectivity index (χ0v) is 15.5. The summed E-state index contributed by atoms with van der Waals surface area (Å²) in [4.78, 5) is 29.4. The molecule has 2 heterocycles. The molecule has 2 N–H and O–H groups in total. The van der Waals surface area contributed by atoms with Crippen LogP contribution in [-0.4, -0.2) is 54.7 Å². The minimum Gasteiger partial charge on any atom is -0.462 e. The van der Waals surface area contributed by atoms with Crippen LogP contribution < -0.4 is 4.90 Å². The van der Waals surface area contributed by atoms with E-state index in [-0.39, 0.29) is 30.0 Å². The third-order valence-electron chi connectivity index (χ3n) is 4.73. The summed E-state index contributed by atoms with van der Waals surface area (Å²) in [5.74, 6) is -0.348. The van der Waals surface area contributed by atoms with E-state index in [1.165, 1.54) is 4.90 Å². The summed E-state index contributed by atoms with van der Waals surface area (Å²) < 4.78 is 10.9. The molecular formula is C18H29N2O4+. The molecule has 1 aromatic heterocycles. The number of rotatable bonds is 5. The number of aryl methyl sites for hydroxylation is 1. The molecule has 0 amide bonds. The highest BCUT2D eigenvalue weighted by Crippen LogP contribution is 2.20. The van der Waals surface area contributed by atoms with E-state index in [9.17, 15) is 9.59 Å². The molecule has 0 aliphatic carbocycles. The van der Waals surface area contributed by atoms with Crippen LogP contribution in [0.4, 0.5) is 0 Å². The Kier molecular flexibility index (Phi) is 5.83. The topological polar surface area (TPSA) is 72.8 Å². The van der Waals surface area contributed by atoms with Crippen molar-refractivity contribution in [2.45, 2.75) is 59.8 Å². The average molecular weight is 337 g/mol. The van der Waals surface area contributed by atoms with E-state index in [2.05, 4.69) is 4.98 Å². The van der Waals surface area contributed by atoms with Crippen LogP contribution in [0.25, 0.3) is 0 Å². The van der Waals surface area contributed by atoms with E-state index in [0.29, 0.717) is 29.1 Å². The molecule has 0 saturated carbocycles. The number of quaternary nitrogens is 1.